The Balaban J connectivity index is 2.04. The first kappa shape index (κ1) is 13.1. The van der Waals surface area contributed by atoms with Crippen molar-refractivity contribution in [3.63, 3.8) is 0 Å². The molecule has 0 aromatic rings. The average Bonchev–Trinajstić information content (AvgIpc) is 2.28. The van der Waals surface area contributed by atoms with Crippen molar-refractivity contribution < 1.29 is 13.2 Å². The van der Waals surface area contributed by atoms with Crippen LogP contribution in [0.25, 0.3) is 0 Å². The van der Waals surface area contributed by atoms with E-state index in [-0.39, 0.29) is 17.5 Å². The fourth-order valence-electron chi connectivity index (χ4n) is 3.08. The number of hydrogen-bond donors (Lipinski definition) is 0. The lowest BCUT2D eigenvalue weighted by molar-refractivity contribution is -0.123. The summed E-state index contributed by atoms with van der Waals surface area (Å²) in [6.45, 7) is 2.21. The Kier molecular flexibility index (Phi) is 3.91. The van der Waals surface area contributed by atoms with E-state index in [0.29, 0.717) is 12.3 Å². The van der Waals surface area contributed by atoms with Crippen molar-refractivity contribution in [2.45, 2.75) is 57.1 Å². The Morgan fingerprint density at radius 3 is 2.24 bits per heavy atom. The molecule has 17 heavy (non-hydrogen) atoms. The Hall–Kier alpha value is -0.380. The van der Waals surface area contributed by atoms with Gasteiger partial charge in [-0.25, -0.2) is 8.42 Å². The summed E-state index contributed by atoms with van der Waals surface area (Å²) in [4.78, 5) is 12.3. The standard InChI is InChI=1S/C13H22O3S/c1-10-5-7-11(8-6-10)13(14)12-4-2-3-9-17(12,15)16/h10-12H,2-9H2,1H3. The summed E-state index contributed by atoms with van der Waals surface area (Å²) in [6, 6.07) is 0. The summed E-state index contributed by atoms with van der Waals surface area (Å²) in [5.41, 5.74) is 0. The van der Waals surface area contributed by atoms with Crippen molar-refractivity contribution in [1.29, 1.82) is 0 Å². The van der Waals surface area contributed by atoms with E-state index in [9.17, 15) is 13.2 Å². The topological polar surface area (TPSA) is 51.2 Å². The molecule has 0 spiro atoms. The lowest BCUT2D eigenvalue weighted by Crippen LogP contribution is -2.40. The van der Waals surface area contributed by atoms with E-state index in [1.165, 1.54) is 0 Å². The van der Waals surface area contributed by atoms with Crippen molar-refractivity contribution in [1.82, 2.24) is 0 Å². The maximum absolute atomic E-state index is 12.3. The lowest BCUT2D eigenvalue weighted by atomic mass is 9.80. The summed E-state index contributed by atoms with van der Waals surface area (Å²) >= 11 is 0. The van der Waals surface area contributed by atoms with Crippen LogP contribution in [0, 0.1) is 11.8 Å². The molecule has 1 unspecified atom stereocenters. The average molecular weight is 258 g/mol. The molecule has 1 heterocycles. The maximum atomic E-state index is 12.3. The van der Waals surface area contributed by atoms with Gasteiger partial charge in [0, 0.05) is 5.92 Å². The molecular weight excluding hydrogens is 236 g/mol. The summed E-state index contributed by atoms with van der Waals surface area (Å²) in [5, 5.41) is -0.672. The number of carbonyl (C=O) groups is 1. The molecule has 3 nitrogen and oxygen atoms in total. The van der Waals surface area contributed by atoms with Gasteiger partial charge >= 0.3 is 0 Å². The molecule has 4 heteroatoms. The Labute approximate surface area is 104 Å². The molecule has 1 aliphatic heterocycles. The van der Waals surface area contributed by atoms with Crippen LogP contribution < -0.4 is 0 Å². The van der Waals surface area contributed by atoms with Gasteiger partial charge in [-0.2, -0.15) is 0 Å². The molecular formula is C13H22O3S. The molecule has 2 fully saturated rings. The molecule has 1 aliphatic carbocycles. The molecule has 1 saturated carbocycles. The number of carbonyl (C=O) groups excluding carboxylic acids is 1. The van der Waals surface area contributed by atoms with Crippen molar-refractivity contribution in [3.05, 3.63) is 0 Å². The number of ketones is 1. The molecule has 0 radical (unpaired) electrons. The predicted octanol–water partition coefficient (Wildman–Crippen LogP) is 2.35. The fraction of sp³-hybridized carbons (Fsp3) is 0.923. The summed E-state index contributed by atoms with van der Waals surface area (Å²) in [7, 11) is -3.14. The van der Waals surface area contributed by atoms with Gasteiger partial charge in [0.2, 0.25) is 0 Å². The number of hydrogen-bond acceptors (Lipinski definition) is 3. The lowest BCUT2D eigenvalue weighted by Gasteiger charge is -2.29. The molecule has 2 aliphatic rings. The van der Waals surface area contributed by atoms with Crippen LogP contribution in [0.4, 0.5) is 0 Å². The SMILES string of the molecule is CC1CCC(C(=O)C2CCCCS2(=O)=O)CC1. The fourth-order valence-corrected chi connectivity index (χ4v) is 5.04. The molecule has 0 aromatic carbocycles. The highest BCUT2D eigenvalue weighted by atomic mass is 32.2. The molecule has 0 aromatic heterocycles. The van der Waals surface area contributed by atoms with Crippen LogP contribution in [0.3, 0.4) is 0 Å². The van der Waals surface area contributed by atoms with Crippen LogP contribution >= 0.6 is 0 Å². The number of Topliss-reactive ketones (excluding diaryl/α,β-unsaturated/α-hetero) is 1. The second-order valence-electron chi connectivity index (χ2n) is 5.71. The Morgan fingerprint density at radius 2 is 1.65 bits per heavy atom. The van der Waals surface area contributed by atoms with Crippen LogP contribution in [0.1, 0.15) is 51.9 Å². The monoisotopic (exact) mass is 258 g/mol. The second-order valence-corrected chi connectivity index (χ2v) is 8.01. The second kappa shape index (κ2) is 5.09. The number of rotatable bonds is 2. The summed E-state index contributed by atoms with van der Waals surface area (Å²) in [6.07, 6.45) is 6.12. The van der Waals surface area contributed by atoms with Gasteiger partial charge in [-0.3, -0.25) is 4.79 Å². The highest BCUT2D eigenvalue weighted by Crippen LogP contribution is 2.32. The first-order valence-electron chi connectivity index (χ1n) is 6.76. The van der Waals surface area contributed by atoms with Crippen LogP contribution in [0.5, 0.6) is 0 Å². The van der Waals surface area contributed by atoms with Crippen molar-refractivity contribution in [2.75, 3.05) is 5.75 Å². The molecule has 0 N–H and O–H groups in total. The van der Waals surface area contributed by atoms with E-state index >= 15 is 0 Å². The minimum Gasteiger partial charge on any atom is -0.298 e. The minimum absolute atomic E-state index is 0.0177. The summed E-state index contributed by atoms with van der Waals surface area (Å²) < 4.78 is 23.8. The Morgan fingerprint density at radius 1 is 1.00 bits per heavy atom. The van der Waals surface area contributed by atoms with E-state index in [0.717, 1.165) is 38.5 Å². The van der Waals surface area contributed by atoms with Gasteiger partial charge in [-0.15, -0.1) is 0 Å². The van der Waals surface area contributed by atoms with Gasteiger partial charge in [0.05, 0.1) is 5.75 Å². The van der Waals surface area contributed by atoms with E-state index in [1.807, 2.05) is 0 Å². The maximum Gasteiger partial charge on any atom is 0.160 e. The van der Waals surface area contributed by atoms with Gasteiger partial charge in [0.15, 0.2) is 15.6 Å². The summed E-state index contributed by atoms with van der Waals surface area (Å²) in [5.74, 6) is 0.953. The molecule has 0 bridgehead atoms. The molecule has 1 saturated heterocycles. The normalized spacial score (nSPS) is 37.6. The van der Waals surface area contributed by atoms with Crippen LogP contribution in [0.2, 0.25) is 0 Å². The van der Waals surface area contributed by atoms with Crippen LogP contribution in [-0.2, 0) is 14.6 Å². The van der Waals surface area contributed by atoms with Gasteiger partial charge in [-0.1, -0.05) is 26.2 Å². The largest absolute Gasteiger partial charge is 0.298 e. The van der Waals surface area contributed by atoms with E-state index in [1.54, 1.807) is 0 Å². The smallest absolute Gasteiger partial charge is 0.160 e. The molecule has 1 atom stereocenters. The van der Waals surface area contributed by atoms with E-state index < -0.39 is 15.1 Å². The van der Waals surface area contributed by atoms with Crippen molar-refractivity contribution in [2.24, 2.45) is 11.8 Å². The first-order valence-corrected chi connectivity index (χ1v) is 8.47. The van der Waals surface area contributed by atoms with E-state index in [4.69, 9.17) is 0 Å². The first-order chi connectivity index (χ1) is 8.00. The van der Waals surface area contributed by atoms with Gasteiger partial charge in [0.1, 0.15) is 5.25 Å². The zero-order valence-electron chi connectivity index (χ0n) is 10.5. The van der Waals surface area contributed by atoms with E-state index in [2.05, 4.69) is 6.92 Å². The quantitative estimate of drug-likeness (QED) is 0.764. The zero-order valence-corrected chi connectivity index (χ0v) is 11.3. The van der Waals surface area contributed by atoms with Crippen molar-refractivity contribution >= 4 is 15.6 Å². The third-order valence-corrected chi connectivity index (χ3v) is 6.51. The van der Waals surface area contributed by atoms with Gasteiger partial charge < -0.3 is 0 Å². The highest BCUT2D eigenvalue weighted by Gasteiger charge is 2.38. The minimum atomic E-state index is -3.14. The third-order valence-electron chi connectivity index (χ3n) is 4.31. The van der Waals surface area contributed by atoms with Crippen LogP contribution in [0.15, 0.2) is 0 Å². The molecule has 98 valence electrons. The zero-order chi connectivity index (χ0) is 12.5. The molecule has 2 rings (SSSR count). The molecule has 0 amide bonds. The Bertz CT molecular complexity index is 377. The van der Waals surface area contributed by atoms with Crippen LogP contribution in [-0.4, -0.2) is 25.2 Å². The number of sulfone groups is 1. The third kappa shape index (κ3) is 2.90. The van der Waals surface area contributed by atoms with Crippen molar-refractivity contribution in [3.8, 4) is 0 Å². The predicted molar refractivity (Wildman–Crippen MR) is 67.6 cm³/mol. The van der Waals surface area contributed by atoms with Gasteiger partial charge in [0.25, 0.3) is 0 Å². The van der Waals surface area contributed by atoms with Gasteiger partial charge in [-0.05, 0) is 31.6 Å². The highest BCUT2D eigenvalue weighted by molar-refractivity contribution is 7.92.